The van der Waals surface area contributed by atoms with Crippen LogP contribution in [0.4, 0.5) is 4.39 Å². The van der Waals surface area contributed by atoms with E-state index in [-0.39, 0.29) is 11.4 Å². The van der Waals surface area contributed by atoms with Gasteiger partial charge in [-0.05, 0) is 42.2 Å². The number of fused-ring (bicyclic) bond motifs is 1. The van der Waals surface area contributed by atoms with E-state index in [0.717, 1.165) is 17.5 Å². The lowest BCUT2D eigenvalue weighted by Gasteiger charge is -2.14. The van der Waals surface area contributed by atoms with Gasteiger partial charge in [-0.1, -0.05) is 49.9 Å². The zero-order valence-corrected chi connectivity index (χ0v) is 15.2. The summed E-state index contributed by atoms with van der Waals surface area (Å²) in [5, 5.41) is 1.37. The fraction of sp³-hybridized carbons (Fsp3) is 0.300. The van der Waals surface area contributed by atoms with E-state index in [1.54, 1.807) is 16.7 Å². The number of rotatable bonds is 6. The van der Waals surface area contributed by atoms with Crippen molar-refractivity contribution in [1.82, 2.24) is 9.55 Å². The normalized spacial score (nSPS) is 11.4. The topological polar surface area (TPSA) is 34.9 Å². The molecule has 3 aromatic rings. The molecule has 0 saturated carbocycles. The summed E-state index contributed by atoms with van der Waals surface area (Å²) in [4.78, 5) is 17.6. The maximum Gasteiger partial charge on any atom is 0.262 e. The van der Waals surface area contributed by atoms with Gasteiger partial charge in [0, 0.05) is 12.3 Å². The Kier molecular flexibility index (Phi) is 5.53. The first-order chi connectivity index (χ1) is 12.0. The van der Waals surface area contributed by atoms with E-state index >= 15 is 0 Å². The van der Waals surface area contributed by atoms with E-state index < -0.39 is 0 Å². The molecule has 0 aliphatic rings. The molecule has 2 aromatic carbocycles. The number of hydrogen-bond donors (Lipinski definition) is 0. The van der Waals surface area contributed by atoms with Gasteiger partial charge in [-0.2, -0.15) is 0 Å². The maximum absolute atomic E-state index is 13.1. The van der Waals surface area contributed by atoms with Gasteiger partial charge in [0.25, 0.3) is 5.56 Å². The highest BCUT2D eigenvalue weighted by Crippen LogP contribution is 2.23. The molecule has 1 heterocycles. The Morgan fingerprint density at radius 2 is 1.84 bits per heavy atom. The van der Waals surface area contributed by atoms with E-state index in [1.807, 2.05) is 24.3 Å². The van der Waals surface area contributed by atoms with E-state index in [4.69, 9.17) is 4.98 Å². The first-order valence-corrected chi connectivity index (χ1v) is 9.40. The summed E-state index contributed by atoms with van der Waals surface area (Å²) >= 11 is 1.52. The zero-order valence-electron chi connectivity index (χ0n) is 14.4. The molecule has 0 aliphatic carbocycles. The molecule has 0 radical (unpaired) electrons. The molecule has 3 rings (SSSR count). The van der Waals surface area contributed by atoms with Crippen LogP contribution in [0, 0.1) is 11.7 Å². The summed E-state index contributed by atoms with van der Waals surface area (Å²) < 4.78 is 14.8. The van der Waals surface area contributed by atoms with Gasteiger partial charge in [-0.25, -0.2) is 9.37 Å². The van der Waals surface area contributed by atoms with E-state index in [1.165, 1.54) is 23.9 Å². The predicted octanol–water partition coefficient (Wildman–Crippen LogP) is 4.87. The van der Waals surface area contributed by atoms with Crippen molar-refractivity contribution in [1.29, 1.82) is 0 Å². The van der Waals surface area contributed by atoms with Crippen LogP contribution >= 0.6 is 11.8 Å². The van der Waals surface area contributed by atoms with Gasteiger partial charge < -0.3 is 0 Å². The number of hydrogen-bond acceptors (Lipinski definition) is 3. The minimum absolute atomic E-state index is 0.00727. The fourth-order valence-corrected chi connectivity index (χ4v) is 3.55. The second kappa shape index (κ2) is 7.83. The monoisotopic (exact) mass is 356 g/mol. The zero-order chi connectivity index (χ0) is 17.8. The molecule has 0 bridgehead atoms. The lowest BCUT2D eigenvalue weighted by Crippen LogP contribution is -2.24. The highest BCUT2D eigenvalue weighted by Gasteiger charge is 2.12. The van der Waals surface area contributed by atoms with Gasteiger partial charge in [0.1, 0.15) is 5.82 Å². The van der Waals surface area contributed by atoms with Crippen LogP contribution in [-0.2, 0) is 12.3 Å². The summed E-state index contributed by atoms with van der Waals surface area (Å²) in [7, 11) is 0. The average Bonchev–Trinajstić information content (AvgIpc) is 2.60. The third-order valence-corrected chi connectivity index (χ3v) is 5.09. The van der Waals surface area contributed by atoms with E-state index in [2.05, 4.69) is 13.8 Å². The summed E-state index contributed by atoms with van der Waals surface area (Å²) in [5.74, 6) is 0.909. The van der Waals surface area contributed by atoms with E-state index in [9.17, 15) is 9.18 Å². The van der Waals surface area contributed by atoms with Crippen LogP contribution in [-0.4, -0.2) is 9.55 Å². The van der Waals surface area contributed by atoms with Gasteiger partial charge in [0.15, 0.2) is 5.16 Å². The van der Waals surface area contributed by atoms with Gasteiger partial charge in [-0.15, -0.1) is 0 Å². The van der Waals surface area contributed by atoms with Gasteiger partial charge in [-0.3, -0.25) is 9.36 Å². The molecule has 0 atom stereocenters. The Labute approximate surface area is 150 Å². The molecule has 0 unspecified atom stereocenters. The highest BCUT2D eigenvalue weighted by molar-refractivity contribution is 7.98. The molecule has 0 aliphatic heterocycles. The summed E-state index contributed by atoms with van der Waals surface area (Å²) in [5.41, 5.74) is 1.73. The summed E-state index contributed by atoms with van der Waals surface area (Å²) in [6, 6.07) is 13.9. The van der Waals surface area contributed by atoms with Crippen molar-refractivity contribution < 1.29 is 4.39 Å². The van der Waals surface area contributed by atoms with Crippen LogP contribution in [0.3, 0.4) is 0 Å². The molecular weight excluding hydrogens is 335 g/mol. The van der Waals surface area contributed by atoms with E-state index in [0.29, 0.717) is 28.8 Å². The van der Waals surface area contributed by atoms with Crippen molar-refractivity contribution in [2.75, 3.05) is 0 Å². The summed E-state index contributed by atoms with van der Waals surface area (Å²) in [6.07, 6.45) is 0.921. The summed E-state index contributed by atoms with van der Waals surface area (Å²) in [6.45, 7) is 4.94. The third-order valence-electron chi connectivity index (χ3n) is 4.04. The van der Waals surface area contributed by atoms with Crippen molar-refractivity contribution in [2.24, 2.45) is 5.92 Å². The molecule has 1 aromatic heterocycles. The Hall–Kier alpha value is -2.14. The second-order valence-corrected chi connectivity index (χ2v) is 7.41. The van der Waals surface area contributed by atoms with Gasteiger partial charge in [0.2, 0.25) is 0 Å². The van der Waals surface area contributed by atoms with Crippen LogP contribution in [0.2, 0.25) is 0 Å². The molecule has 0 fully saturated rings. The van der Waals surface area contributed by atoms with Crippen LogP contribution in [0.1, 0.15) is 25.8 Å². The number of para-hydroxylation sites is 1. The van der Waals surface area contributed by atoms with Crippen LogP contribution in [0.5, 0.6) is 0 Å². The number of nitrogens with zero attached hydrogens (tertiary/aromatic N) is 2. The van der Waals surface area contributed by atoms with Crippen molar-refractivity contribution >= 4 is 22.7 Å². The maximum atomic E-state index is 13.1. The molecule has 130 valence electrons. The highest BCUT2D eigenvalue weighted by atomic mass is 32.2. The molecule has 25 heavy (non-hydrogen) atoms. The Balaban J connectivity index is 1.94. The lowest BCUT2D eigenvalue weighted by molar-refractivity contribution is 0.481. The van der Waals surface area contributed by atoms with Crippen molar-refractivity contribution in [2.45, 2.75) is 37.7 Å². The standard InChI is InChI=1S/C20H21FN2OS/c1-14(2)11-12-23-19(24)17-5-3-4-6-18(17)22-20(23)25-13-15-7-9-16(21)10-8-15/h3-10,14H,11-13H2,1-2H3. The first kappa shape index (κ1) is 17.7. The SMILES string of the molecule is CC(C)CCn1c(SCc2ccc(F)cc2)nc2ccccc2c1=O. The van der Waals surface area contributed by atoms with Crippen molar-refractivity contribution in [3.05, 3.63) is 70.3 Å². The number of benzene rings is 2. The second-order valence-electron chi connectivity index (χ2n) is 6.47. The smallest absolute Gasteiger partial charge is 0.262 e. The van der Waals surface area contributed by atoms with Crippen LogP contribution in [0.25, 0.3) is 10.9 Å². The molecule has 0 spiro atoms. The number of thioether (sulfide) groups is 1. The molecule has 0 N–H and O–H groups in total. The Morgan fingerprint density at radius 3 is 2.56 bits per heavy atom. The number of aromatic nitrogens is 2. The van der Waals surface area contributed by atoms with Crippen LogP contribution in [0.15, 0.2) is 58.5 Å². The van der Waals surface area contributed by atoms with Gasteiger partial charge in [0.05, 0.1) is 10.9 Å². The molecule has 3 nitrogen and oxygen atoms in total. The van der Waals surface area contributed by atoms with Crippen molar-refractivity contribution in [3.8, 4) is 0 Å². The molecular formula is C20H21FN2OS. The van der Waals surface area contributed by atoms with Crippen molar-refractivity contribution in [3.63, 3.8) is 0 Å². The quantitative estimate of drug-likeness (QED) is 0.467. The molecule has 5 heteroatoms. The first-order valence-electron chi connectivity index (χ1n) is 8.41. The predicted molar refractivity (Wildman–Crippen MR) is 101 cm³/mol. The Bertz CT molecular complexity index is 919. The van der Waals surface area contributed by atoms with Crippen LogP contribution < -0.4 is 5.56 Å². The average molecular weight is 356 g/mol. The molecule has 0 saturated heterocycles. The minimum atomic E-state index is -0.244. The fourth-order valence-electron chi connectivity index (χ4n) is 2.57. The lowest BCUT2D eigenvalue weighted by atomic mass is 10.1. The number of halogens is 1. The minimum Gasteiger partial charge on any atom is -0.287 e. The largest absolute Gasteiger partial charge is 0.287 e. The Morgan fingerprint density at radius 1 is 1.12 bits per heavy atom. The van der Waals surface area contributed by atoms with Gasteiger partial charge >= 0.3 is 0 Å². The molecule has 0 amide bonds. The third kappa shape index (κ3) is 4.28.